The van der Waals surface area contributed by atoms with Crippen LogP contribution in [0.15, 0.2) is 23.4 Å². The van der Waals surface area contributed by atoms with E-state index in [1.807, 2.05) is 14.1 Å². The summed E-state index contributed by atoms with van der Waals surface area (Å²) in [5.41, 5.74) is 0.279. The molecular formula is C10H14N2O2S. The Kier molecular flexibility index (Phi) is 4.58. The number of thioether (sulfide) groups is 1. The molecular weight excluding hydrogens is 212 g/mol. The van der Waals surface area contributed by atoms with Crippen LogP contribution >= 0.6 is 11.8 Å². The summed E-state index contributed by atoms with van der Waals surface area (Å²) in [6.45, 7) is 0.903. The molecule has 4 nitrogen and oxygen atoms in total. The molecule has 0 amide bonds. The maximum Gasteiger partial charge on any atom is 0.338 e. The first-order valence-corrected chi connectivity index (χ1v) is 5.55. The Bertz CT molecular complexity index is 342. The quantitative estimate of drug-likeness (QED) is 0.770. The molecule has 0 radical (unpaired) electrons. The Morgan fingerprint density at radius 2 is 2.33 bits per heavy atom. The Labute approximate surface area is 93.3 Å². The lowest BCUT2D eigenvalue weighted by molar-refractivity contribution is 0.0692. The number of hydrogen-bond acceptors (Lipinski definition) is 4. The van der Waals surface area contributed by atoms with Gasteiger partial charge in [0.2, 0.25) is 0 Å². The van der Waals surface area contributed by atoms with Gasteiger partial charge in [-0.1, -0.05) is 0 Å². The lowest BCUT2D eigenvalue weighted by atomic mass is 10.3. The zero-order chi connectivity index (χ0) is 11.3. The van der Waals surface area contributed by atoms with Gasteiger partial charge in [0.1, 0.15) is 5.03 Å². The molecule has 0 unspecified atom stereocenters. The van der Waals surface area contributed by atoms with E-state index in [9.17, 15) is 4.79 Å². The number of aromatic carboxylic acids is 1. The van der Waals surface area contributed by atoms with Crippen LogP contribution in [0, 0.1) is 0 Å². The van der Waals surface area contributed by atoms with Crippen LogP contribution in [0.2, 0.25) is 0 Å². The normalized spacial score (nSPS) is 10.6. The van der Waals surface area contributed by atoms with Gasteiger partial charge in [0.05, 0.1) is 5.56 Å². The van der Waals surface area contributed by atoms with Crippen molar-refractivity contribution < 1.29 is 9.90 Å². The maximum absolute atomic E-state index is 10.9. The van der Waals surface area contributed by atoms with Crippen LogP contribution in [0.25, 0.3) is 0 Å². The minimum atomic E-state index is -0.921. The molecule has 1 rings (SSSR count). The number of carboxylic acid groups (broad SMARTS) is 1. The number of hydrogen-bond donors (Lipinski definition) is 1. The maximum atomic E-state index is 10.9. The molecule has 1 aromatic rings. The molecule has 0 spiro atoms. The predicted octanol–water partition coefficient (Wildman–Crippen LogP) is 1.43. The first-order valence-electron chi connectivity index (χ1n) is 4.57. The van der Waals surface area contributed by atoms with E-state index < -0.39 is 5.97 Å². The largest absolute Gasteiger partial charge is 0.478 e. The molecule has 0 atom stereocenters. The lowest BCUT2D eigenvalue weighted by Gasteiger charge is -2.09. The predicted molar refractivity (Wildman–Crippen MR) is 60.5 cm³/mol. The van der Waals surface area contributed by atoms with Gasteiger partial charge < -0.3 is 10.0 Å². The number of aromatic nitrogens is 1. The topological polar surface area (TPSA) is 53.4 Å². The third kappa shape index (κ3) is 3.89. The van der Waals surface area contributed by atoms with E-state index >= 15 is 0 Å². The first kappa shape index (κ1) is 12.0. The molecule has 1 N–H and O–H groups in total. The number of carbonyl (C=O) groups is 1. The molecule has 0 saturated carbocycles. The van der Waals surface area contributed by atoms with Crippen molar-refractivity contribution in [2.45, 2.75) is 5.03 Å². The summed E-state index contributed by atoms with van der Waals surface area (Å²) in [7, 11) is 3.97. The van der Waals surface area contributed by atoms with Crippen molar-refractivity contribution in [2.75, 3.05) is 26.4 Å². The van der Waals surface area contributed by atoms with Crippen molar-refractivity contribution in [1.82, 2.24) is 9.88 Å². The zero-order valence-electron chi connectivity index (χ0n) is 8.80. The number of carboxylic acids is 1. The Morgan fingerprint density at radius 3 is 2.93 bits per heavy atom. The van der Waals surface area contributed by atoms with Crippen LogP contribution in [-0.2, 0) is 0 Å². The summed E-state index contributed by atoms with van der Waals surface area (Å²) in [4.78, 5) is 17.0. The molecule has 0 aliphatic heterocycles. The van der Waals surface area contributed by atoms with E-state index in [-0.39, 0.29) is 5.56 Å². The van der Waals surface area contributed by atoms with Gasteiger partial charge in [-0.3, -0.25) is 0 Å². The molecule has 15 heavy (non-hydrogen) atoms. The lowest BCUT2D eigenvalue weighted by Crippen LogP contribution is -2.15. The molecule has 0 aliphatic carbocycles. The van der Waals surface area contributed by atoms with E-state index in [0.29, 0.717) is 5.03 Å². The second kappa shape index (κ2) is 5.72. The Hall–Kier alpha value is -1.07. The average molecular weight is 226 g/mol. The van der Waals surface area contributed by atoms with Crippen LogP contribution in [-0.4, -0.2) is 47.4 Å². The molecule has 0 bridgehead atoms. The van der Waals surface area contributed by atoms with Crippen LogP contribution in [0.3, 0.4) is 0 Å². The number of nitrogens with zero attached hydrogens (tertiary/aromatic N) is 2. The highest BCUT2D eigenvalue weighted by Gasteiger charge is 2.10. The number of rotatable bonds is 5. The molecule has 0 aliphatic rings. The van der Waals surface area contributed by atoms with Gasteiger partial charge in [-0.2, -0.15) is 0 Å². The third-order valence-corrected chi connectivity index (χ3v) is 2.76. The number of pyridine rings is 1. The summed E-state index contributed by atoms with van der Waals surface area (Å²) in [6.07, 6.45) is 1.62. The van der Waals surface area contributed by atoms with Crippen molar-refractivity contribution in [1.29, 1.82) is 0 Å². The van der Waals surface area contributed by atoms with Crippen molar-refractivity contribution in [3.8, 4) is 0 Å². The highest BCUT2D eigenvalue weighted by atomic mass is 32.2. The summed E-state index contributed by atoms with van der Waals surface area (Å²) in [5.74, 6) is -0.0833. The summed E-state index contributed by atoms with van der Waals surface area (Å²) >= 11 is 1.47. The molecule has 82 valence electrons. The monoisotopic (exact) mass is 226 g/mol. The van der Waals surface area contributed by atoms with Crippen LogP contribution in [0.5, 0.6) is 0 Å². The first-order chi connectivity index (χ1) is 7.11. The highest BCUT2D eigenvalue weighted by Crippen LogP contribution is 2.19. The van der Waals surface area contributed by atoms with Crippen molar-refractivity contribution in [3.63, 3.8) is 0 Å². The molecule has 0 aromatic carbocycles. The van der Waals surface area contributed by atoms with Gasteiger partial charge in [-0.25, -0.2) is 9.78 Å². The van der Waals surface area contributed by atoms with Gasteiger partial charge >= 0.3 is 5.97 Å². The highest BCUT2D eigenvalue weighted by molar-refractivity contribution is 7.99. The standard InChI is InChI=1S/C10H14N2O2S/c1-12(2)6-7-15-9-8(10(13)14)4-3-5-11-9/h3-5H,6-7H2,1-2H3,(H,13,14). The Morgan fingerprint density at radius 1 is 1.60 bits per heavy atom. The molecule has 5 heteroatoms. The minimum Gasteiger partial charge on any atom is -0.478 e. The van der Waals surface area contributed by atoms with Gasteiger partial charge in [0.15, 0.2) is 0 Å². The zero-order valence-corrected chi connectivity index (χ0v) is 9.62. The molecule has 0 fully saturated rings. The van der Waals surface area contributed by atoms with Gasteiger partial charge in [-0.15, -0.1) is 11.8 Å². The summed E-state index contributed by atoms with van der Waals surface area (Å²) in [6, 6.07) is 3.22. The van der Waals surface area contributed by atoms with Gasteiger partial charge in [0, 0.05) is 18.5 Å². The van der Waals surface area contributed by atoms with Crippen LogP contribution in [0.4, 0.5) is 0 Å². The van der Waals surface area contributed by atoms with Gasteiger partial charge in [-0.05, 0) is 26.2 Å². The molecule has 1 aromatic heterocycles. The molecule has 0 saturated heterocycles. The summed E-state index contributed by atoms with van der Waals surface area (Å²) in [5, 5.41) is 9.50. The minimum absolute atomic E-state index is 0.279. The van der Waals surface area contributed by atoms with E-state index in [4.69, 9.17) is 5.11 Å². The van der Waals surface area contributed by atoms with Crippen molar-refractivity contribution >= 4 is 17.7 Å². The van der Waals surface area contributed by atoms with E-state index in [2.05, 4.69) is 9.88 Å². The SMILES string of the molecule is CN(C)CCSc1ncccc1C(=O)O. The van der Waals surface area contributed by atoms with Crippen LogP contribution < -0.4 is 0 Å². The average Bonchev–Trinajstić information content (AvgIpc) is 2.17. The van der Waals surface area contributed by atoms with Gasteiger partial charge in [0.25, 0.3) is 0 Å². The fourth-order valence-electron chi connectivity index (χ4n) is 0.993. The second-order valence-electron chi connectivity index (χ2n) is 3.31. The summed E-state index contributed by atoms with van der Waals surface area (Å²) < 4.78 is 0. The van der Waals surface area contributed by atoms with E-state index in [1.165, 1.54) is 11.8 Å². The van der Waals surface area contributed by atoms with E-state index in [1.54, 1.807) is 18.3 Å². The van der Waals surface area contributed by atoms with E-state index in [0.717, 1.165) is 12.3 Å². The van der Waals surface area contributed by atoms with Crippen molar-refractivity contribution in [3.05, 3.63) is 23.9 Å². The second-order valence-corrected chi connectivity index (χ2v) is 4.40. The molecule has 1 heterocycles. The fourth-order valence-corrected chi connectivity index (χ4v) is 2.09. The van der Waals surface area contributed by atoms with Crippen LogP contribution in [0.1, 0.15) is 10.4 Å². The fraction of sp³-hybridized carbons (Fsp3) is 0.400. The Balaban J connectivity index is 2.63. The third-order valence-electron chi connectivity index (χ3n) is 1.78. The van der Waals surface area contributed by atoms with Crippen molar-refractivity contribution in [2.24, 2.45) is 0 Å². The smallest absolute Gasteiger partial charge is 0.338 e.